The highest BCUT2D eigenvalue weighted by Crippen LogP contribution is 2.01. The predicted molar refractivity (Wildman–Crippen MR) is 51.9 cm³/mol. The lowest BCUT2D eigenvalue weighted by Gasteiger charge is -2.17. The van der Waals surface area contributed by atoms with Gasteiger partial charge < -0.3 is 4.90 Å². The minimum atomic E-state index is 0.0816. The molecule has 0 radical (unpaired) electrons. The van der Waals surface area contributed by atoms with E-state index in [2.05, 4.69) is 11.0 Å². The molecule has 0 rings (SSSR count). The van der Waals surface area contributed by atoms with Gasteiger partial charge in [0, 0.05) is 18.6 Å². The second kappa shape index (κ2) is 6.05. The Kier molecular flexibility index (Phi) is 5.79. The van der Waals surface area contributed by atoms with Gasteiger partial charge in [0.1, 0.15) is 0 Å². The molecule has 1 atom stereocenters. The quantitative estimate of drug-likeness (QED) is 0.673. The Labute approximate surface area is 79.4 Å². The standard InChI is InChI=1S/C9H15ClN2/c1-8(4-10)6-12(3)7-9(2)5-11/h4,9H,6-7H2,1-3H3. The first-order chi connectivity index (χ1) is 5.60. The topological polar surface area (TPSA) is 27.0 Å². The molecule has 2 nitrogen and oxygen atoms in total. The second-order valence-electron chi connectivity index (χ2n) is 3.18. The molecule has 0 saturated heterocycles. The van der Waals surface area contributed by atoms with E-state index >= 15 is 0 Å². The summed E-state index contributed by atoms with van der Waals surface area (Å²) in [5.74, 6) is 0.0816. The number of nitriles is 1. The van der Waals surface area contributed by atoms with Crippen LogP contribution in [0.2, 0.25) is 0 Å². The molecule has 0 aliphatic rings. The lowest BCUT2D eigenvalue weighted by Crippen LogP contribution is -2.25. The molecule has 0 bridgehead atoms. The van der Waals surface area contributed by atoms with Crippen LogP contribution in [0.1, 0.15) is 13.8 Å². The molecule has 0 spiro atoms. The molecule has 1 unspecified atom stereocenters. The Hall–Kier alpha value is -0.520. The van der Waals surface area contributed by atoms with Crippen molar-refractivity contribution in [3.8, 4) is 6.07 Å². The van der Waals surface area contributed by atoms with Crippen LogP contribution in [-0.4, -0.2) is 25.0 Å². The molecular formula is C9H15ClN2. The fraction of sp³-hybridized carbons (Fsp3) is 0.667. The zero-order chi connectivity index (χ0) is 9.56. The van der Waals surface area contributed by atoms with E-state index in [9.17, 15) is 0 Å². The van der Waals surface area contributed by atoms with E-state index in [1.54, 1.807) is 5.54 Å². The summed E-state index contributed by atoms with van der Waals surface area (Å²) in [6, 6.07) is 2.19. The molecule has 0 fully saturated rings. The van der Waals surface area contributed by atoms with Crippen LogP contribution < -0.4 is 0 Å². The lowest BCUT2D eigenvalue weighted by atomic mass is 10.2. The molecule has 3 heteroatoms. The zero-order valence-electron chi connectivity index (χ0n) is 7.84. The van der Waals surface area contributed by atoms with Crippen LogP contribution in [-0.2, 0) is 0 Å². The third-order valence-electron chi connectivity index (χ3n) is 1.51. The number of likely N-dealkylation sites (N-methyl/N-ethyl adjacent to an activating group) is 1. The maximum atomic E-state index is 8.56. The van der Waals surface area contributed by atoms with Gasteiger partial charge in [0.2, 0.25) is 0 Å². The highest BCUT2D eigenvalue weighted by molar-refractivity contribution is 6.25. The fourth-order valence-electron chi connectivity index (χ4n) is 1.03. The summed E-state index contributed by atoms with van der Waals surface area (Å²) < 4.78 is 0. The van der Waals surface area contributed by atoms with Crippen LogP contribution >= 0.6 is 11.6 Å². The van der Waals surface area contributed by atoms with Gasteiger partial charge in [-0.2, -0.15) is 5.26 Å². The van der Waals surface area contributed by atoms with E-state index in [1.807, 2.05) is 20.9 Å². The predicted octanol–water partition coefficient (Wildman–Crippen LogP) is 2.22. The van der Waals surface area contributed by atoms with Gasteiger partial charge in [-0.1, -0.05) is 11.6 Å². The first-order valence-corrected chi connectivity index (χ1v) is 4.37. The van der Waals surface area contributed by atoms with Crippen molar-refractivity contribution in [1.29, 1.82) is 5.26 Å². The van der Waals surface area contributed by atoms with E-state index < -0.39 is 0 Å². The average molecular weight is 187 g/mol. The highest BCUT2D eigenvalue weighted by Gasteiger charge is 2.04. The van der Waals surface area contributed by atoms with Crippen LogP contribution in [0.3, 0.4) is 0 Å². The van der Waals surface area contributed by atoms with E-state index in [0.717, 1.165) is 18.7 Å². The largest absolute Gasteiger partial charge is 0.301 e. The number of nitrogens with zero attached hydrogens (tertiary/aromatic N) is 2. The van der Waals surface area contributed by atoms with E-state index in [-0.39, 0.29) is 5.92 Å². The summed E-state index contributed by atoms with van der Waals surface area (Å²) in [5.41, 5.74) is 2.69. The van der Waals surface area contributed by atoms with E-state index in [0.29, 0.717) is 0 Å². The van der Waals surface area contributed by atoms with E-state index in [1.165, 1.54) is 0 Å². The number of rotatable bonds is 4. The third kappa shape index (κ3) is 5.17. The molecule has 0 aromatic heterocycles. The minimum absolute atomic E-state index is 0.0816. The smallest absolute Gasteiger partial charge is 0.0666 e. The maximum Gasteiger partial charge on any atom is 0.0666 e. The summed E-state index contributed by atoms with van der Waals surface area (Å²) in [6.45, 7) is 5.50. The number of hydrogen-bond donors (Lipinski definition) is 0. The van der Waals surface area contributed by atoms with Gasteiger partial charge in [-0.25, -0.2) is 0 Å². The Bertz CT molecular complexity index is 193. The third-order valence-corrected chi connectivity index (χ3v) is 1.88. The SMILES string of the molecule is CC(=CCl)CN(C)CC(C)C#N. The van der Waals surface area contributed by atoms with Crippen LogP contribution in [0.4, 0.5) is 0 Å². The number of halogens is 1. The Morgan fingerprint density at radius 3 is 2.75 bits per heavy atom. The Morgan fingerprint density at radius 1 is 1.75 bits per heavy atom. The van der Waals surface area contributed by atoms with Crippen LogP contribution in [0.15, 0.2) is 11.1 Å². The van der Waals surface area contributed by atoms with E-state index in [4.69, 9.17) is 16.9 Å². The minimum Gasteiger partial charge on any atom is -0.301 e. The summed E-state index contributed by atoms with van der Waals surface area (Å²) in [7, 11) is 1.98. The molecule has 0 saturated carbocycles. The molecule has 12 heavy (non-hydrogen) atoms. The summed E-state index contributed by atoms with van der Waals surface area (Å²) >= 11 is 5.51. The van der Waals surface area contributed by atoms with Crippen molar-refractivity contribution in [3.63, 3.8) is 0 Å². The molecular weight excluding hydrogens is 172 g/mol. The van der Waals surface area contributed by atoms with Crippen LogP contribution in [0.25, 0.3) is 0 Å². The fourth-order valence-corrected chi connectivity index (χ4v) is 1.10. The molecule has 0 heterocycles. The van der Waals surface area contributed by atoms with Crippen LogP contribution in [0, 0.1) is 17.2 Å². The van der Waals surface area contributed by atoms with Gasteiger partial charge in [0.15, 0.2) is 0 Å². The van der Waals surface area contributed by atoms with Crippen molar-refractivity contribution in [2.45, 2.75) is 13.8 Å². The normalized spacial score (nSPS) is 14.5. The highest BCUT2D eigenvalue weighted by atomic mass is 35.5. The first-order valence-electron chi connectivity index (χ1n) is 3.94. The summed E-state index contributed by atoms with van der Waals surface area (Å²) in [6.07, 6.45) is 0. The van der Waals surface area contributed by atoms with Gasteiger partial charge in [0.05, 0.1) is 12.0 Å². The lowest BCUT2D eigenvalue weighted by molar-refractivity contribution is 0.335. The molecule has 0 aromatic rings. The summed E-state index contributed by atoms with van der Waals surface area (Å²) in [4.78, 5) is 2.09. The average Bonchev–Trinajstić information content (AvgIpc) is 2.03. The van der Waals surface area contributed by atoms with Crippen LogP contribution in [0.5, 0.6) is 0 Å². The Balaban J connectivity index is 3.75. The monoisotopic (exact) mass is 186 g/mol. The second-order valence-corrected chi connectivity index (χ2v) is 3.40. The van der Waals surface area contributed by atoms with Gasteiger partial charge in [-0.05, 0) is 26.5 Å². The van der Waals surface area contributed by atoms with Crippen molar-refractivity contribution in [1.82, 2.24) is 4.90 Å². The Morgan fingerprint density at radius 2 is 2.33 bits per heavy atom. The molecule has 0 amide bonds. The molecule has 0 aliphatic carbocycles. The van der Waals surface area contributed by atoms with Crippen molar-refractivity contribution >= 4 is 11.6 Å². The van der Waals surface area contributed by atoms with Gasteiger partial charge in [0.25, 0.3) is 0 Å². The number of hydrogen-bond acceptors (Lipinski definition) is 2. The maximum absolute atomic E-state index is 8.56. The van der Waals surface area contributed by atoms with Gasteiger partial charge in [-0.15, -0.1) is 0 Å². The molecule has 0 N–H and O–H groups in total. The van der Waals surface area contributed by atoms with Gasteiger partial charge >= 0.3 is 0 Å². The summed E-state index contributed by atoms with van der Waals surface area (Å²) in [5, 5.41) is 8.56. The van der Waals surface area contributed by atoms with Gasteiger partial charge in [-0.3, -0.25) is 0 Å². The van der Waals surface area contributed by atoms with Crippen molar-refractivity contribution < 1.29 is 0 Å². The first kappa shape index (κ1) is 11.5. The zero-order valence-corrected chi connectivity index (χ0v) is 8.60. The molecule has 0 aliphatic heterocycles. The van der Waals surface area contributed by atoms with Crippen molar-refractivity contribution in [3.05, 3.63) is 11.1 Å². The molecule has 68 valence electrons. The van der Waals surface area contributed by atoms with Crippen molar-refractivity contribution in [2.75, 3.05) is 20.1 Å². The molecule has 0 aromatic carbocycles. The van der Waals surface area contributed by atoms with Crippen molar-refractivity contribution in [2.24, 2.45) is 5.92 Å².